The number of carboxylic acid groups (broad SMARTS) is 1. The third kappa shape index (κ3) is 11.2. The average Bonchev–Trinajstić information content (AvgIpc) is 2.47. The van der Waals surface area contributed by atoms with Crippen LogP contribution in [0.2, 0.25) is 0 Å². The molecule has 0 aliphatic heterocycles. The lowest BCUT2D eigenvalue weighted by atomic mass is 10.00. The van der Waals surface area contributed by atoms with Crippen molar-refractivity contribution < 1.29 is 19.5 Å². The molecule has 2 unspecified atom stereocenters. The number of carboxylic acids is 1. The van der Waals surface area contributed by atoms with Crippen LogP contribution in [-0.4, -0.2) is 42.3 Å². The summed E-state index contributed by atoms with van der Waals surface area (Å²) >= 11 is 0. The van der Waals surface area contributed by atoms with Gasteiger partial charge in [0.25, 0.3) is 0 Å². The minimum absolute atomic E-state index is 0.222. The van der Waals surface area contributed by atoms with E-state index in [1.54, 1.807) is 0 Å². The lowest BCUT2D eigenvalue weighted by Crippen LogP contribution is -2.43. The van der Waals surface area contributed by atoms with Gasteiger partial charge in [-0.1, -0.05) is 57.0 Å². The van der Waals surface area contributed by atoms with Gasteiger partial charge in [-0.05, 0) is 25.7 Å². The first kappa shape index (κ1) is 22.6. The number of aliphatic hydroxyl groups is 1. The van der Waals surface area contributed by atoms with Gasteiger partial charge in [-0.15, -0.1) is 0 Å². The number of quaternary nitrogens is 1. The Morgan fingerprint density at radius 3 is 2.21 bits per heavy atom. The molecular weight excluding hydrogens is 302 g/mol. The quantitative estimate of drug-likeness (QED) is 0.705. The molecule has 0 fully saturated rings. The van der Waals surface area contributed by atoms with E-state index in [0.717, 1.165) is 36.8 Å². The van der Waals surface area contributed by atoms with E-state index in [0.29, 0.717) is 6.42 Å². The minimum Gasteiger partial charge on any atom is -0.550 e. The number of aliphatic hydroxyl groups excluding tert-OH is 1. The van der Waals surface area contributed by atoms with Crippen molar-refractivity contribution in [1.29, 1.82) is 0 Å². The molecule has 0 amide bonds. The Kier molecular flexibility index (Phi) is 11.3. The number of hydrogen-bond donors (Lipinski definition) is 1. The third-order valence-electron chi connectivity index (χ3n) is 3.94. The summed E-state index contributed by atoms with van der Waals surface area (Å²) in [7, 11) is 4.28. The Morgan fingerprint density at radius 2 is 1.79 bits per heavy atom. The van der Waals surface area contributed by atoms with Crippen molar-refractivity contribution in [3.63, 3.8) is 0 Å². The minimum atomic E-state index is -0.893. The highest BCUT2D eigenvalue weighted by Crippen LogP contribution is 2.11. The van der Waals surface area contributed by atoms with Crippen molar-refractivity contribution in [2.75, 3.05) is 20.6 Å². The summed E-state index contributed by atoms with van der Waals surface area (Å²) < 4.78 is 0.821. The summed E-state index contributed by atoms with van der Waals surface area (Å²) in [6.07, 6.45) is 3.28. The van der Waals surface area contributed by atoms with Gasteiger partial charge in [0, 0.05) is 11.5 Å². The van der Waals surface area contributed by atoms with Gasteiger partial charge in [-0.25, -0.2) is 0 Å². The van der Waals surface area contributed by atoms with Gasteiger partial charge in [0.2, 0.25) is 0 Å². The maximum Gasteiger partial charge on any atom is 0.105 e. The molecule has 0 spiro atoms. The van der Waals surface area contributed by atoms with E-state index in [4.69, 9.17) is 0 Å². The van der Waals surface area contributed by atoms with Crippen LogP contribution in [0.4, 0.5) is 0 Å². The molecule has 0 saturated heterocycles. The Hall–Kier alpha value is -1.39. The zero-order valence-electron chi connectivity index (χ0n) is 16.0. The lowest BCUT2D eigenvalue weighted by molar-refractivity contribution is -0.906. The van der Waals surface area contributed by atoms with Crippen molar-refractivity contribution in [3.8, 4) is 0 Å². The van der Waals surface area contributed by atoms with Crippen molar-refractivity contribution in [3.05, 3.63) is 35.9 Å². The predicted molar refractivity (Wildman–Crippen MR) is 97.1 cm³/mol. The van der Waals surface area contributed by atoms with Crippen LogP contribution in [-0.2, 0) is 11.3 Å². The van der Waals surface area contributed by atoms with Crippen molar-refractivity contribution >= 4 is 5.97 Å². The SMILES string of the molecule is CC(O)C[N+](C)(C)Cc1ccccc1.CCCCC(CC)C(=O)[O-]. The first-order valence-corrected chi connectivity index (χ1v) is 8.96. The molecule has 138 valence electrons. The van der Waals surface area contributed by atoms with Gasteiger partial charge in [-0.3, -0.25) is 0 Å². The molecule has 4 heteroatoms. The first-order valence-electron chi connectivity index (χ1n) is 8.96. The smallest absolute Gasteiger partial charge is 0.105 e. The molecule has 0 radical (unpaired) electrons. The summed E-state index contributed by atoms with van der Waals surface area (Å²) in [4.78, 5) is 10.3. The summed E-state index contributed by atoms with van der Waals surface area (Å²) in [5.74, 6) is -1.11. The molecule has 0 aromatic heterocycles. The number of rotatable bonds is 9. The van der Waals surface area contributed by atoms with E-state index >= 15 is 0 Å². The topological polar surface area (TPSA) is 60.4 Å². The summed E-state index contributed by atoms with van der Waals surface area (Å²) in [5, 5.41) is 19.7. The van der Waals surface area contributed by atoms with Crippen LogP contribution in [0.25, 0.3) is 0 Å². The first-order chi connectivity index (χ1) is 11.2. The monoisotopic (exact) mass is 337 g/mol. The van der Waals surface area contributed by atoms with Crippen molar-refractivity contribution in [2.24, 2.45) is 5.92 Å². The highest BCUT2D eigenvalue weighted by atomic mass is 16.4. The Bertz CT molecular complexity index is 443. The summed E-state index contributed by atoms with van der Waals surface area (Å²) in [5.41, 5.74) is 1.32. The van der Waals surface area contributed by atoms with Crippen LogP contribution in [0, 0.1) is 5.92 Å². The maximum atomic E-state index is 10.3. The molecule has 0 aliphatic carbocycles. The van der Waals surface area contributed by atoms with Gasteiger partial charge in [0.05, 0.1) is 14.1 Å². The zero-order valence-corrected chi connectivity index (χ0v) is 16.0. The highest BCUT2D eigenvalue weighted by molar-refractivity contribution is 5.67. The van der Waals surface area contributed by atoms with Crippen LogP contribution < -0.4 is 5.11 Å². The summed E-state index contributed by atoms with van der Waals surface area (Å²) in [6, 6.07) is 10.4. The van der Waals surface area contributed by atoms with E-state index in [-0.39, 0.29) is 12.0 Å². The molecule has 1 aromatic carbocycles. The van der Waals surface area contributed by atoms with Gasteiger partial charge in [0.1, 0.15) is 19.2 Å². The molecule has 1 aromatic rings. The predicted octanol–water partition coefficient (Wildman–Crippen LogP) is 2.60. The number of unbranched alkanes of at least 4 members (excludes halogenated alkanes) is 1. The largest absolute Gasteiger partial charge is 0.550 e. The standard InChI is InChI=1S/C12H20NO.C8H16O2/c1-11(14)9-13(2,3)10-12-7-5-4-6-8-12;1-3-5-6-7(4-2)8(9)10/h4-8,11,14H,9-10H2,1-3H3;7H,3-6H2,1-2H3,(H,9,10)/q+1;/p-1. The highest BCUT2D eigenvalue weighted by Gasteiger charge is 2.17. The Morgan fingerprint density at radius 1 is 1.21 bits per heavy atom. The second kappa shape index (κ2) is 12.0. The maximum absolute atomic E-state index is 10.3. The fourth-order valence-corrected chi connectivity index (χ4v) is 2.80. The number of carbonyl (C=O) groups excluding carboxylic acids is 1. The van der Waals surface area contributed by atoms with Crippen LogP contribution >= 0.6 is 0 Å². The molecule has 2 atom stereocenters. The lowest BCUT2D eigenvalue weighted by Gasteiger charge is -2.31. The molecule has 24 heavy (non-hydrogen) atoms. The van der Waals surface area contributed by atoms with Crippen molar-refractivity contribution in [1.82, 2.24) is 0 Å². The third-order valence-corrected chi connectivity index (χ3v) is 3.94. The number of aliphatic carboxylic acids is 1. The van der Waals surface area contributed by atoms with E-state index in [1.807, 2.05) is 19.9 Å². The van der Waals surface area contributed by atoms with Gasteiger partial charge in [-0.2, -0.15) is 0 Å². The molecule has 0 aliphatic rings. The number of carbonyl (C=O) groups is 1. The summed E-state index contributed by atoms with van der Waals surface area (Å²) in [6.45, 7) is 7.53. The van der Waals surface area contributed by atoms with Gasteiger partial charge < -0.3 is 19.5 Å². The van der Waals surface area contributed by atoms with E-state index in [2.05, 4.69) is 45.3 Å². The normalized spacial score (nSPS) is 13.6. The van der Waals surface area contributed by atoms with Crippen LogP contribution in [0.15, 0.2) is 30.3 Å². The van der Waals surface area contributed by atoms with Crippen LogP contribution in [0.1, 0.15) is 52.0 Å². The van der Waals surface area contributed by atoms with E-state index in [9.17, 15) is 15.0 Å². The Balaban J connectivity index is 0.000000470. The fourth-order valence-electron chi connectivity index (χ4n) is 2.80. The molecule has 0 heterocycles. The van der Waals surface area contributed by atoms with Gasteiger partial charge >= 0.3 is 0 Å². The molecular formula is C20H35NO3. The van der Waals surface area contributed by atoms with E-state index in [1.165, 1.54) is 5.56 Å². The number of likely N-dealkylation sites (N-methyl/N-ethyl adjacent to an activating group) is 1. The van der Waals surface area contributed by atoms with Gasteiger partial charge in [0.15, 0.2) is 0 Å². The number of hydrogen-bond acceptors (Lipinski definition) is 3. The second-order valence-electron chi connectivity index (χ2n) is 7.18. The molecule has 1 N–H and O–H groups in total. The molecule has 0 bridgehead atoms. The fraction of sp³-hybridized carbons (Fsp3) is 0.650. The molecule has 4 nitrogen and oxygen atoms in total. The molecule has 1 rings (SSSR count). The van der Waals surface area contributed by atoms with Crippen LogP contribution in [0.5, 0.6) is 0 Å². The Labute approximate surface area is 147 Å². The second-order valence-corrected chi connectivity index (χ2v) is 7.18. The number of benzene rings is 1. The number of nitrogens with zero attached hydrogens (tertiary/aromatic N) is 1. The van der Waals surface area contributed by atoms with E-state index < -0.39 is 5.97 Å². The molecule has 0 saturated carbocycles. The van der Waals surface area contributed by atoms with Crippen LogP contribution in [0.3, 0.4) is 0 Å². The zero-order chi connectivity index (χ0) is 18.6. The van der Waals surface area contributed by atoms with Crippen molar-refractivity contribution in [2.45, 2.75) is 59.1 Å². The average molecular weight is 338 g/mol.